The molecule has 0 aromatic carbocycles. The molecule has 5 nitrogen and oxygen atoms in total. The number of nitrogen functional groups attached to an aromatic ring is 1. The van der Waals surface area contributed by atoms with E-state index in [4.69, 9.17) is 5.84 Å². The van der Waals surface area contributed by atoms with Crippen LogP contribution in [0, 0.1) is 0 Å². The molecule has 0 spiro atoms. The maximum Gasteiger partial charge on any atom is 0.283 e. The maximum absolute atomic E-state index is 11.5. The number of hydrogen-bond acceptors (Lipinski definition) is 4. The van der Waals surface area contributed by atoms with E-state index in [0.29, 0.717) is 11.7 Å². The fourth-order valence-corrected chi connectivity index (χ4v) is 2.92. The Morgan fingerprint density at radius 3 is 2.80 bits per heavy atom. The van der Waals surface area contributed by atoms with Gasteiger partial charge in [-0.15, -0.1) is 0 Å². The molecule has 5 heteroatoms. The molecule has 2 rings (SSSR count). The molecule has 3 N–H and O–H groups in total. The summed E-state index contributed by atoms with van der Waals surface area (Å²) >= 11 is 0. The summed E-state index contributed by atoms with van der Waals surface area (Å²) in [6.07, 6.45) is 6.56. The van der Waals surface area contributed by atoms with E-state index in [9.17, 15) is 4.79 Å². The minimum absolute atomic E-state index is 0.340. The Morgan fingerprint density at radius 2 is 2.15 bits per heavy atom. The Hall–Kier alpha value is -1.46. The highest BCUT2D eigenvalue weighted by molar-refractivity contribution is 5.91. The summed E-state index contributed by atoms with van der Waals surface area (Å²) in [6.45, 7) is 4.00. The van der Waals surface area contributed by atoms with Crippen molar-refractivity contribution >= 4 is 5.91 Å². The van der Waals surface area contributed by atoms with Crippen LogP contribution in [0.25, 0.3) is 0 Å². The van der Waals surface area contributed by atoms with Crippen LogP contribution in [0.15, 0.2) is 18.2 Å². The second-order valence-corrected chi connectivity index (χ2v) is 5.34. The van der Waals surface area contributed by atoms with Crippen molar-refractivity contribution in [3.05, 3.63) is 29.6 Å². The van der Waals surface area contributed by atoms with E-state index in [0.717, 1.165) is 18.8 Å². The van der Waals surface area contributed by atoms with Gasteiger partial charge in [-0.05, 0) is 31.5 Å². The molecule has 0 bridgehead atoms. The van der Waals surface area contributed by atoms with Gasteiger partial charge in [0.25, 0.3) is 5.91 Å². The Kier molecular flexibility index (Phi) is 5.49. The van der Waals surface area contributed by atoms with Crippen LogP contribution < -0.4 is 11.3 Å². The predicted molar refractivity (Wildman–Crippen MR) is 78.8 cm³/mol. The number of nitrogens with zero attached hydrogens (tertiary/aromatic N) is 2. The number of carbonyl (C=O) groups is 1. The second kappa shape index (κ2) is 7.36. The molecule has 20 heavy (non-hydrogen) atoms. The van der Waals surface area contributed by atoms with Gasteiger partial charge in [0.05, 0.1) is 5.69 Å². The van der Waals surface area contributed by atoms with Gasteiger partial charge in [-0.2, -0.15) is 0 Å². The van der Waals surface area contributed by atoms with Gasteiger partial charge in [-0.25, -0.2) is 10.8 Å². The molecule has 1 heterocycles. The molecule has 1 amide bonds. The number of carbonyl (C=O) groups excluding carboxylic acids is 1. The van der Waals surface area contributed by atoms with Crippen LogP contribution in [0.1, 0.15) is 55.2 Å². The number of hydrazine groups is 1. The highest BCUT2D eigenvalue weighted by Gasteiger charge is 2.20. The quantitative estimate of drug-likeness (QED) is 0.489. The van der Waals surface area contributed by atoms with E-state index in [1.807, 2.05) is 12.1 Å². The number of hydrogen-bond donors (Lipinski definition) is 2. The van der Waals surface area contributed by atoms with Crippen LogP contribution in [0.3, 0.4) is 0 Å². The van der Waals surface area contributed by atoms with E-state index < -0.39 is 0 Å². The maximum atomic E-state index is 11.5. The standard InChI is InChI=1S/C15H24N4O/c1-2-19(13-8-4-3-5-9-13)11-12-7-6-10-14(17-12)15(20)18-16/h6-7,10,13H,2-5,8-9,11,16H2,1H3,(H,18,20). The molecule has 0 atom stereocenters. The van der Waals surface area contributed by atoms with E-state index in [1.165, 1.54) is 32.1 Å². The Morgan fingerprint density at radius 1 is 1.40 bits per heavy atom. The highest BCUT2D eigenvalue weighted by Crippen LogP contribution is 2.23. The Bertz CT molecular complexity index is 443. The summed E-state index contributed by atoms with van der Waals surface area (Å²) in [7, 11) is 0. The number of rotatable bonds is 5. The van der Waals surface area contributed by atoms with E-state index in [-0.39, 0.29) is 5.91 Å². The van der Waals surface area contributed by atoms with Crippen molar-refractivity contribution in [2.24, 2.45) is 5.84 Å². The van der Waals surface area contributed by atoms with E-state index >= 15 is 0 Å². The van der Waals surface area contributed by atoms with Gasteiger partial charge in [-0.1, -0.05) is 32.3 Å². The zero-order valence-corrected chi connectivity index (χ0v) is 12.1. The highest BCUT2D eigenvalue weighted by atomic mass is 16.2. The third-order valence-electron chi connectivity index (χ3n) is 4.03. The molecule has 0 radical (unpaired) electrons. The first-order chi connectivity index (χ1) is 9.74. The van der Waals surface area contributed by atoms with Crippen molar-refractivity contribution in [3.63, 3.8) is 0 Å². The van der Waals surface area contributed by atoms with Gasteiger partial charge in [0.2, 0.25) is 0 Å². The van der Waals surface area contributed by atoms with E-state index in [1.54, 1.807) is 6.07 Å². The monoisotopic (exact) mass is 276 g/mol. The van der Waals surface area contributed by atoms with E-state index in [2.05, 4.69) is 22.2 Å². The third kappa shape index (κ3) is 3.77. The van der Waals surface area contributed by atoms with Crippen LogP contribution in [0.2, 0.25) is 0 Å². The van der Waals surface area contributed by atoms with Gasteiger partial charge in [-0.3, -0.25) is 15.1 Å². The second-order valence-electron chi connectivity index (χ2n) is 5.34. The first kappa shape index (κ1) is 14.9. The molecule has 1 aliphatic carbocycles. The summed E-state index contributed by atoms with van der Waals surface area (Å²) in [5, 5.41) is 0. The molecule has 0 saturated heterocycles. The average molecular weight is 276 g/mol. The zero-order chi connectivity index (χ0) is 14.4. The lowest BCUT2D eigenvalue weighted by Gasteiger charge is -2.33. The minimum atomic E-state index is -0.340. The van der Waals surface area contributed by atoms with Gasteiger partial charge >= 0.3 is 0 Å². The van der Waals surface area contributed by atoms with Gasteiger partial charge in [0.1, 0.15) is 5.69 Å². The predicted octanol–water partition coefficient (Wildman–Crippen LogP) is 1.84. The summed E-state index contributed by atoms with van der Waals surface area (Å²) in [6, 6.07) is 6.17. The van der Waals surface area contributed by atoms with Crippen LogP contribution in [0.5, 0.6) is 0 Å². The molecule has 1 aliphatic rings. The fraction of sp³-hybridized carbons (Fsp3) is 0.600. The summed E-state index contributed by atoms with van der Waals surface area (Å²) in [4.78, 5) is 18.4. The average Bonchev–Trinajstić information content (AvgIpc) is 2.53. The number of nitrogens with two attached hydrogens (primary N) is 1. The Labute approximate surface area is 120 Å². The molecule has 110 valence electrons. The summed E-state index contributed by atoms with van der Waals surface area (Å²) in [5.41, 5.74) is 3.43. The van der Waals surface area contributed by atoms with Crippen LogP contribution >= 0.6 is 0 Å². The van der Waals surface area contributed by atoms with Crippen molar-refractivity contribution in [3.8, 4) is 0 Å². The fourth-order valence-electron chi connectivity index (χ4n) is 2.92. The number of aromatic nitrogens is 1. The van der Waals surface area contributed by atoms with Gasteiger partial charge in [0.15, 0.2) is 0 Å². The van der Waals surface area contributed by atoms with Crippen molar-refractivity contribution in [1.82, 2.24) is 15.3 Å². The molecular weight excluding hydrogens is 252 g/mol. The number of amides is 1. The molecule has 1 saturated carbocycles. The number of nitrogens with one attached hydrogen (secondary N) is 1. The van der Waals surface area contributed by atoms with Crippen molar-refractivity contribution < 1.29 is 4.79 Å². The summed E-state index contributed by atoms with van der Waals surface area (Å²) in [5.74, 6) is 4.81. The topological polar surface area (TPSA) is 71.2 Å². The van der Waals surface area contributed by atoms with Gasteiger partial charge in [0, 0.05) is 12.6 Å². The minimum Gasteiger partial charge on any atom is -0.295 e. The lowest BCUT2D eigenvalue weighted by atomic mass is 9.94. The molecule has 1 fully saturated rings. The normalized spacial score (nSPS) is 16.4. The molecule has 1 aromatic heterocycles. The molecule has 0 unspecified atom stereocenters. The molecule has 0 aliphatic heterocycles. The zero-order valence-electron chi connectivity index (χ0n) is 12.1. The first-order valence-electron chi connectivity index (χ1n) is 7.45. The lowest BCUT2D eigenvalue weighted by Crippen LogP contribution is -2.36. The molecular formula is C15H24N4O. The van der Waals surface area contributed by atoms with Crippen LogP contribution in [-0.2, 0) is 6.54 Å². The largest absolute Gasteiger partial charge is 0.295 e. The smallest absolute Gasteiger partial charge is 0.283 e. The lowest BCUT2D eigenvalue weighted by molar-refractivity contribution is 0.0947. The van der Waals surface area contributed by atoms with Gasteiger partial charge < -0.3 is 0 Å². The third-order valence-corrected chi connectivity index (χ3v) is 4.03. The first-order valence-corrected chi connectivity index (χ1v) is 7.45. The summed E-state index contributed by atoms with van der Waals surface area (Å²) < 4.78 is 0. The van der Waals surface area contributed by atoms with Crippen LogP contribution in [-0.4, -0.2) is 28.4 Å². The number of pyridine rings is 1. The van der Waals surface area contributed by atoms with Crippen LogP contribution in [0.4, 0.5) is 0 Å². The molecule has 1 aromatic rings. The van der Waals surface area contributed by atoms with Crippen molar-refractivity contribution in [1.29, 1.82) is 0 Å². The van der Waals surface area contributed by atoms with Crippen molar-refractivity contribution in [2.45, 2.75) is 51.6 Å². The Balaban J connectivity index is 2.05. The SMILES string of the molecule is CCN(Cc1cccc(C(=O)NN)n1)C1CCCCC1. The van der Waals surface area contributed by atoms with Crippen molar-refractivity contribution in [2.75, 3.05) is 6.54 Å².